The van der Waals surface area contributed by atoms with E-state index >= 15 is 0 Å². The maximum absolute atomic E-state index is 5.91. The molecular weight excluding hydrogens is 330 g/mol. The minimum atomic E-state index is 0.262. The molecule has 0 aliphatic heterocycles. The van der Waals surface area contributed by atoms with Gasteiger partial charge in [0.2, 0.25) is 11.9 Å². The van der Waals surface area contributed by atoms with E-state index in [9.17, 15) is 0 Å². The van der Waals surface area contributed by atoms with Gasteiger partial charge < -0.3 is 10.6 Å². The van der Waals surface area contributed by atoms with E-state index in [1.807, 2.05) is 24.3 Å². The lowest BCUT2D eigenvalue weighted by molar-refractivity contribution is 0.812. The van der Waals surface area contributed by atoms with E-state index in [0.29, 0.717) is 17.1 Å². The Balaban J connectivity index is 2.13. The number of benzene rings is 1. The summed E-state index contributed by atoms with van der Waals surface area (Å²) < 4.78 is 0. The van der Waals surface area contributed by atoms with Crippen LogP contribution in [0.1, 0.15) is 33.3 Å². The molecule has 1 heterocycles. The second kappa shape index (κ2) is 8.36. The van der Waals surface area contributed by atoms with Crippen molar-refractivity contribution in [1.82, 2.24) is 15.0 Å². The largest absolute Gasteiger partial charge is 0.352 e. The van der Waals surface area contributed by atoms with Crippen molar-refractivity contribution in [2.75, 3.05) is 10.6 Å². The lowest BCUT2D eigenvalue weighted by Gasteiger charge is -2.13. The summed E-state index contributed by atoms with van der Waals surface area (Å²) in [6.07, 6.45) is 0. The Morgan fingerprint density at radius 2 is 1.43 bits per heavy atom. The Morgan fingerprint density at radius 3 is 1.91 bits per heavy atom. The van der Waals surface area contributed by atoms with Crippen molar-refractivity contribution < 1.29 is 0 Å². The van der Waals surface area contributed by atoms with Crippen molar-refractivity contribution in [1.29, 1.82) is 0 Å². The average molecular weight is 352 g/mol. The number of hydrogen-bond acceptors (Lipinski definition) is 6. The predicted octanol–water partition coefficient (Wildman–Crippen LogP) is 4.46. The number of hydrogen-bond donors (Lipinski definition) is 2. The van der Waals surface area contributed by atoms with Crippen molar-refractivity contribution in [3.63, 3.8) is 0 Å². The molecule has 0 spiro atoms. The van der Waals surface area contributed by atoms with E-state index in [0.717, 1.165) is 10.8 Å². The highest BCUT2D eigenvalue weighted by Crippen LogP contribution is 2.22. The SMILES string of the molecule is CC(C)Nc1nc(NC(C)C)nc(SCc2ccc(Cl)cc2)n1. The normalized spacial score (nSPS) is 11.1. The third-order valence-corrected chi connectivity index (χ3v) is 3.90. The molecule has 0 fully saturated rings. The fourth-order valence-corrected chi connectivity index (χ4v) is 2.71. The zero-order valence-corrected chi connectivity index (χ0v) is 15.4. The van der Waals surface area contributed by atoms with Gasteiger partial charge in [-0.15, -0.1) is 0 Å². The molecule has 0 amide bonds. The van der Waals surface area contributed by atoms with Gasteiger partial charge in [0.25, 0.3) is 0 Å². The molecule has 1 aromatic carbocycles. The molecule has 0 unspecified atom stereocenters. The third-order valence-electron chi connectivity index (χ3n) is 2.73. The Kier molecular flexibility index (Phi) is 6.47. The van der Waals surface area contributed by atoms with Gasteiger partial charge in [-0.1, -0.05) is 35.5 Å². The fourth-order valence-electron chi connectivity index (χ4n) is 1.80. The van der Waals surface area contributed by atoms with Gasteiger partial charge in [0.15, 0.2) is 5.16 Å². The van der Waals surface area contributed by atoms with Crippen LogP contribution in [0.2, 0.25) is 5.02 Å². The van der Waals surface area contributed by atoms with E-state index in [1.54, 1.807) is 11.8 Å². The van der Waals surface area contributed by atoms with E-state index in [4.69, 9.17) is 11.6 Å². The summed E-state index contributed by atoms with van der Waals surface area (Å²) in [5, 5.41) is 7.90. The minimum Gasteiger partial charge on any atom is -0.352 e. The van der Waals surface area contributed by atoms with Gasteiger partial charge in [-0.25, -0.2) is 0 Å². The first-order chi connectivity index (χ1) is 10.9. The highest BCUT2D eigenvalue weighted by atomic mass is 35.5. The topological polar surface area (TPSA) is 62.7 Å². The van der Waals surface area contributed by atoms with Gasteiger partial charge in [-0.2, -0.15) is 15.0 Å². The average Bonchev–Trinajstić information content (AvgIpc) is 2.45. The van der Waals surface area contributed by atoms with E-state index in [-0.39, 0.29) is 12.1 Å². The molecule has 2 N–H and O–H groups in total. The molecule has 124 valence electrons. The molecule has 0 atom stereocenters. The second-order valence-electron chi connectivity index (χ2n) is 5.78. The number of thioether (sulfide) groups is 1. The van der Waals surface area contributed by atoms with Crippen LogP contribution in [0.3, 0.4) is 0 Å². The number of nitrogens with one attached hydrogen (secondary N) is 2. The molecule has 1 aromatic heterocycles. The molecule has 0 aliphatic carbocycles. The highest BCUT2D eigenvalue weighted by Gasteiger charge is 2.09. The molecule has 2 aromatic rings. The van der Waals surface area contributed by atoms with Crippen molar-refractivity contribution >= 4 is 35.3 Å². The molecular formula is C16H22ClN5S. The van der Waals surface area contributed by atoms with Gasteiger partial charge >= 0.3 is 0 Å². The summed E-state index contributed by atoms with van der Waals surface area (Å²) >= 11 is 7.49. The summed E-state index contributed by atoms with van der Waals surface area (Å²) in [5.41, 5.74) is 1.18. The van der Waals surface area contributed by atoms with Crippen LogP contribution in [0, 0.1) is 0 Å². The summed E-state index contributed by atoms with van der Waals surface area (Å²) in [6.45, 7) is 8.22. The molecule has 0 radical (unpaired) electrons. The van der Waals surface area contributed by atoms with Gasteiger partial charge in [-0.3, -0.25) is 0 Å². The lowest BCUT2D eigenvalue weighted by atomic mass is 10.2. The van der Waals surface area contributed by atoms with Crippen LogP contribution in [0.15, 0.2) is 29.4 Å². The summed E-state index contributed by atoms with van der Waals surface area (Å²) in [7, 11) is 0. The van der Waals surface area contributed by atoms with Crippen LogP contribution in [0.5, 0.6) is 0 Å². The van der Waals surface area contributed by atoms with Crippen LogP contribution in [0.4, 0.5) is 11.9 Å². The van der Waals surface area contributed by atoms with E-state index in [1.165, 1.54) is 5.56 Å². The molecule has 0 bridgehead atoms. The Hall–Kier alpha value is -1.53. The Labute approximate surface area is 146 Å². The Morgan fingerprint density at radius 1 is 0.913 bits per heavy atom. The quantitative estimate of drug-likeness (QED) is 0.718. The zero-order valence-electron chi connectivity index (χ0n) is 13.8. The maximum Gasteiger partial charge on any atom is 0.228 e. The van der Waals surface area contributed by atoms with Gasteiger partial charge in [-0.05, 0) is 45.4 Å². The van der Waals surface area contributed by atoms with Crippen molar-refractivity contribution in [2.45, 2.75) is 50.7 Å². The summed E-state index contributed by atoms with van der Waals surface area (Å²) in [4.78, 5) is 13.4. The first-order valence-electron chi connectivity index (χ1n) is 7.59. The Bertz CT molecular complexity index is 603. The molecule has 0 saturated carbocycles. The first-order valence-corrected chi connectivity index (χ1v) is 8.95. The van der Waals surface area contributed by atoms with E-state index in [2.05, 4.69) is 53.3 Å². The van der Waals surface area contributed by atoms with Crippen LogP contribution in [-0.4, -0.2) is 27.0 Å². The number of nitrogens with zero attached hydrogens (tertiary/aromatic N) is 3. The monoisotopic (exact) mass is 351 g/mol. The van der Waals surface area contributed by atoms with Gasteiger partial charge in [0.1, 0.15) is 0 Å². The van der Waals surface area contributed by atoms with Crippen LogP contribution < -0.4 is 10.6 Å². The van der Waals surface area contributed by atoms with Crippen LogP contribution in [-0.2, 0) is 5.75 Å². The molecule has 0 aliphatic rings. The van der Waals surface area contributed by atoms with Crippen molar-refractivity contribution in [3.05, 3.63) is 34.9 Å². The summed E-state index contributed by atoms with van der Waals surface area (Å²) in [5.74, 6) is 1.97. The van der Waals surface area contributed by atoms with Gasteiger partial charge in [0, 0.05) is 22.9 Å². The molecule has 2 rings (SSSR count). The lowest BCUT2D eigenvalue weighted by Crippen LogP contribution is -2.17. The van der Waals surface area contributed by atoms with Crippen LogP contribution in [0.25, 0.3) is 0 Å². The highest BCUT2D eigenvalue weighted by molar-refractivity contribution is 7.98. The number of aromatic nitrogens is 3. The van der Waals surface area contributed by atoms with Crippen molar-refractivity contribution in [2.24, 2.45) is 0 Å². The molecule has 7 heteroatoms. The van der Waals surface area contributed by atoms with Crippen molar-refractivity contribution in [3.8, 4) is 0 Å². The number of halogens is 1. The molecule has 0 saturated heterocycles. The smallest absolute Gasteiger partial charge is 0.228 e. The van der Waals surface area contributed by atoms with Crippen LogP contribution >= 0.6 is 23.4 Å². The number of anilines is 2. The first kappa shape index (κ1) is 17.8. The standard InChI is InChI=1S/C16H22ClN5S/c1-10(2)18-14-20-15(19-11(3)4)22-16(21-14)23-9-12-5-7-13(17)8-6-12/h5-8,10-11H,9H2,1-4H3,(H2,18,19,20,21,22). The predicted molar refractivity (Wildman–Crippen MR) is 98.4 cm³/mol. The molecule has 5 nitrogen and oxygen atoms in total. The second-order valence-corrected chi connectivity index (χ2v) is 7.16. The fraction of sp³-hybridized carbons (Fsp3) is 0.438. The zero-order chi connectivity index (χ0) is 16.8. The summed E-state index contributed by atoms with van der Waals surface area (Å²) in [6, 6.07) is 8.33. The van der Waals surface area contributed by atoms with E-state index < -0.39 is 0 Å². The van der Waals surface area contributed by atoms with Gasteiger partial charge in [0.05, 0.1) is 0 Å². The third kappa shape index (κ3) is 6.23. The maximum atomic E-state index is 5.91. The number of rotatable bonds is 7. The minimum absolute atomic E-state index is 0.262. The molecule has 23 heavy (non-hydrogen) atoms.